The molecule has 0 bridgehead atoms. The summed E-state index contributed by atoms with van der Waals surface area (Å²) in [5, 5.41) is 3.27. The lowest BCUT2D eigenvalue weighted by Gasteiger charge is -2.37. The number of halogens is 2. The Hall–Kier alpha value is -2.54. The first kappa shape index (κ1) is 25.1. The van der Waals surface area contributed by atoms with Crippen LogP contribution in [0.25, 0.3) is 0 Å². The van der Waals surface area contributed by atoms with Crippen molar-refractivity contribution >= 4 is 46.4 Å². The summed E-state index contributed by atoms with van der Waals surface area (Å²) in [5.41, 5.74) is 2.57. The van der Waals surface area contributed by atoms with Gasteiger partial charge in [-0.2, -0.15) is 0 Å². The standard InChI is InChI=1S/C28H28Cl2N2O3S/c1-18-13-22(7-8-24(18)30)35-17-25-23-10-12-36-26(23)9-11-32(25)27(33)16-31(15-19-5-6-19)28(34)20-3-2-4-21(29)14-20/h2-4,7-8,10,12-14,19,25H,5-6,9,11,15-17H2,1H3/t25-/m1/s1. The van der Waals surface area contributed by atoms with Crippen LogP contribution in [0.15, 0.2) is 53.9 Å². The third-order valence-electron chi connectivity index (χ3n) is 6.81. The van der Waals surface area contributed by atoms with E-state index in [2.05, 4.69) is 11.4 Å². The van der Waals surface area contributed by atoms with Gasteiger partial charge in [-0.25, -0.2) is 0 Å². The van der Waals surface area contributed by atoms with Crippen LogP contribution < -0.4 is 4.74 Å². The molecule has 1 aliphatic heterocycles. The Morgan fingerprint density at radius 2 is 1.97 bits per heavy atom. The number of carbonyl (C=O) groups excluding carboxylic acids is 2. The van der Waals surface area contributed by atoms with Gasteiger partial charge in [-0.05, 0) is 91.1 Å². The summed E-state index contributed by atoms with van der Waals surface area (Å²) < 4.78 is 6.15. The number of aryl methyl sites for hydroxylation is 1. The van der Waals surface area contributed by atoms with Gasteiger partial charge in [-0.1, -0.05) is 29.3 Å². The van der Waals surface area contributed by atoms with Crippen LogP contribution in [0, 0.1) is 12.8 Å². The van der Waals surface area contributed by atoms with Gasteiger partial charge in [-0.3, -0.25) is 9.59 Å². The van der Waals surface area contributed by atoms with Crippen LogP contribution in [-0.2, 0) is 11.2 Å². The van der Waals surface area contributed by atoms with Crippen LogP contribution in [-0.4, -0.2) is 47.9 Å². The molecule has 36 heavy (non-hydrogen) atoms. The fourth-order valence-corrected chi connectivity index (χ4v) is 5.88. The van der Waals surface area contributed by atoms with Crippen molar-refractivity contribution in [3.05, 3.63) is 85.5 Å². The van der Waals surface area contributed by atoms with Crippen LogP contribution in [0.3, 0.4) is 0 Å². The number of fused-ring (bicyclic) bond motifs is 1. The Labute approximate surface area is 225 Å². The molecule has 1 fully saturated rings. The minimum atomic E-state index is -0.215. The van der Waals surface area contributed by atoms with Gasteiger partial charge in [-0.15, -0.1) is 11.3 Å². The molecule has 1 aliphatic carbocycles. The molecule has 2 amide bonds. The zero-order chi connectivity index (χ0) is 25.2. The Balaban J connectivity index is 1.34. The zero-order valence-corrected chi connectivity index (χ0v) is 22.4. The molecule has 2 heterocycles. The quantitative estimate of drug-likeness (QED) is 0.330. The highest BCUT2D eigenvalue weighted by Crippen LogP contribution is 2.35. The van der Waals surface area contributed by atoms with Crippen LogP contribution in [0.5, 0.6) is 5.75 Å². The molecule has 3 aromatic rings. The van der Waals surface area contributed by atoms with Gasteiger partial charge in [0.25, 0.3) is 5.91 Å². The van der Waals surface area contributed by atoms with E-state index in [1.54, 1.807) is 40.5 Å². The molecule has 8 heteroatoms. The SMILES string of the molecule is Cc1cc(OC[C@@H]2c3ccsc3CCN2C(=O)CN(CC2CC2)C(=O)c2cccc(Cl)c2)ccc1Cl. The molecule has 5 rings (SSSR count). The van der Waals surface area contributed by atoms with Gasteiger partial charge in [0, 0.05) is 33.6 Å². The molecule has 5 nitrogen and oxygen atoms in total. The molecular weight excluding hydrogens is 515 g/mol. The molecule has 0 N–H and O–H groups in total. The lowest BCUT2D eigenvalue weighted by atomic mass is 10.00. The Morgan fingerprint density at radius 3 is 2.72 bits per heavy atom. The first-order chi connectivity index (χ1) is 17.4. The molecule has 0 radical (unpaired) electrons. The topological polar surface area (TPSA) is 49.9 Å². The van der Waals surface area contributed by atoms with Gasteiger partial charge in [0.1, 0.15) is 18.9 Å². The second kappa shape index (κ2) is 10.8. The molecule has 1 saturated carbocycles. The van der Waals surface area contributed by atoms with Gasteiger partial charge in [0.2, 0.25) is 5.91 Å². The highest BCUT2D eigenvalue weighted by Gasteiger charge is 2.35. The van der Waals surface area contributed by atoms with E-state index >= 15 is 0 Å². The molecule has 2 aliphatic rings. The fraction of sp³-hybridized carbons (Fsp3) is 0.357. The lowest BCUT2D eigenvalue weighted by Crippen LogP contribution is -2.48. The second-order valence-electron chi connectivity index (χ2n) is 9.51. The number of amides is 2. The fourth-order valence-electron chi connectivity index (χ4n) is 4.65. The van der Waals surface area contributed by atoms with Gasteiger partial charge in [0.15, 0.2) is 0 Å². The summed E-state index contributed by atoms with van der Waals surface area (Å²) >= 11 is 14.0. The summed E-state index contributed by atoms with van der Waals surface area (Å²) in [6.45, 7) is 3.50. The Bertz CT molecular complexity index is 1270. The molecule has 2 aromatic carbocycles. The molecule has 1 aromatic heterocycles. The number of benzene rings is 2. The third kappa shape index (κ3) is 5.72. The first-order valence-corrected chi connectivity index (χ1v) is 13.8. The number of rotatable bonds is 8. The van der Waals surface area contributed by atoms with Crippen LogP contribution in [0.1, 0.15) is 45.2 Å². The van der Waals surface area contributed by atoms with Crippen molar-refractivity contribution < 1.29 is 14.3 Å². The van der Waals surface area contributed by atoms with E-state index in [4.69, 9.17) is 27.9 Å². The summed E-state index contributed by atoms with van der Waals surface area (Å²) in [7, 11) is 0. The maximum atomic E-state index is 13.7. The number of carbonyl (C=O) groups is 2. The van der Waals surface area contributed by atoms with E-state index in [0.717, 1.165) is 36.1 Å². The zero-order valence-electron chi connectivity index (χ0n) is 20.1. The predicted octanol–water partition coefficient (Wildman–Crippen LogP) is 6.42. The average Bonchev–Trinajstić information content (AvgIpc) is 3.55. The van der Waals surface area contributed by atoms with Crippen molar-refractivity contribution in [1.82, 2.24) is 9.80 Å². The first-order valence-electron chi connectivity index (χ1n) is 12.2. The van der Waals surface area contributed by atoms with Crippen molar-refractivity contribution in [3.8, 4) is 5.75 Å². The second-order valence-corrected chi connectivity index (χ2v) is 11.4. The average molecular weight is 544 g/mol. The molecule has 0 spiro atoms. The number of thiophene rings is 1. The summed E-state index contributed by atoms with van der Waals surface area (Å²) in [6, 6.07) is 14.4. The van der Waals surface area contributed by atoms with Crippen molar-refractivity contribution in [3.63, 3.8) is 0 Å². The number of ether oxygens (including phenoxy) is 1. The smallest absolute Gasteiger partial charge is 0.254 e. The molecular formula is C28H28Cl2N2O3S. The summed E-state index contributed by atoms with van der Waals surface area (Å²) in [6.07, 6.45) is 2.99. The molecule has 0 saturated heterocycles. The van der Waals surface area contributed by atoms with E-state index in [-0.39, 0.29) is 24.4 Å². The van der Waals surface area contributed by atoms with Crippen LogP contribution in [0.2, 0.25) is 10.0 Å². The molecule has 0 unspecified atom stereocenters. The Morgan fingerprint density at radius 1 is 1.14 bits per heavy atom. The van der Waals surface area contributed by atoms with Gasteiger partial charge >= 0.3 is 0 Å². The molecule has 1 atom stereocenters. The van der Waals surface area contributed by atoms with Gasteiger partial charge < -0.3 is 14.5 Å². The molecule has 188 valence electrons. The highest BCUT2D eigenvalue weighted by atomic mass is 35.5. The maximum Gasteiger partial charge on any atom is 0.254 e. The van der Waals surface area contributed by atoms with E-state index in [0.29, 0.717) is 41.2 Å². The van der Waals surface area contributed by atoms with Crippen molar-refractivity contribution in [2.45, 2.75) is 32.2 Å². The highest BCUT2D eigenvalue weighted by molar-refractivity contribution is 7.10. The number of hydrogen-bond acceptors (Lipinski definition) is 4. The van der Waals surface area contributed by atoms with E-state index in [1.807, 2.05) is 30.0 Å². The number of nitrogens with zero attached hydrogens (tertiary/aromatic N) is 2. The Kier molecular flexibility index (Phi) is 7.56. The minimum Gasteiger partial charge on any atom is -0.491 e. The van der Waals surface area contributed by atoms with Crippen LogP contribution >= 0.6 is 34.5 Å². The monoisotopic (exact) mass is 542 g/mol. The van der Waals surface area contributed by atoms with Crippen molar-refractivity contribution in [2.75, 3.05) is 26.2 Å². The largest absolute Gasteiger partial charge is 0.491 e. The van der Waals surface area contributed by atoms with E-state index < -0.39 is 0 Å². The number of hydrogen-bond donors (Lipinski definition) is 0. The summed E-state index contributed by atoms with van der Waals surface area (Å²) in [5.74, 6) is 0.954. The minimum absolute atomic E-state index is 0.0396. The predicted molar refractivity (Wildman–Crippen MR) is 144 cm³/mol. The van der Waals surface area contributed by atoms with Crippen LogP contribution in [0.4, 0.5) is 0 Å². The maximum absolute atomic E-state index is 13.7. The lowest BCUT2D eigenvalue weighted by molar-refractivity contribution is -0.135. The van der Waals surface area contributed by atoms with E-state index in [9.17, 15) is 9.59 Å². The normalized spacial score (nSPS) is 17.0. The third-order valence-corrected chi connectivity index (χ3v) is 8.47. The van der Waals surface area contributed by atoms with Crippen molar-refractivity contribution in [1.29, 1.82) is 0 Å². The van der Waals surface area contributed by atoms with Gasteiger partial charge in [0.05, 0.1) is 6.04 Å². The summed E-state index contributed by atoms with van der Waals surface area (Å²) in [4.78, 5) is 31.9. The van der Waals surface area contributed by atoms with E-state index in [1.165, 1.54) is 4.88 Å². The van der Waals surface area contributed by atoms with Crippen molar-refractivity contribution in [2.24, 2.45) is 5.92 Å².